The number of carbonyl (C=O) groups excluding carboxylic acids is 1. The van der Waals surface area contributed by atoms with Gasteiger partial charge in [-0.3, -0.25) is 4.98 Å². The third kappa shape index (κ3) is 4.97. The molecule has 7 heteroatoms. The molecule has 23 heavy (non-hydrogen) atoms. The predicted octanol–water partition coefficient (Wildman–Crippen LogP) is 2.65. The van der Waals surface area contributed by atoms with Crippen LogP contribution in [0.4, 0.5) is 4.79 Å². The highest BCUT2D eigenvalue weighted by atomic mass is 16.6. The van der Waals surface area contributed by atoms with Crippen LogP contribution < -0.4 is 9.47 Å². The van der Waals surface area contributed by atoms with Crippen LogP contribution in [0.2, 0.25) is 0 Å². The van der Waals surface area contributed by atoms with Gasteiger partial charge in [0.05, 0.1) is 26.0 Å². The number of ether oxygens (including phenoxy) is 3. The zero-order valence-corrected chi connectivity index (χ0v) is 14.4. The Morgan fingerprint density at radius 3 is 2.61 bits per heavy atom. The van der Waals surface area contributed by atoms with Crippen molar-refractivity contribution in [2.45, 2.75) is 58.3 Å². The molecular formula is C16H25N3O4. The Labute approximate surface area is 137 Å². The van der Waals surface area contributed by atoms with E-state index in [1.165, 1.54) is 13.3 Å². The molecule has 128 valence electrons. The summed E-state index contributed by atoms with van der Waals surface area (Å²) in [5, 5.41) is 0. The molecule has 1 saturated heterocycles. The van der Waals surface area contributed by atoms with E-state index in [1.54, 1.807) is 11.1 Å². The van der Waals surface area contributed by atoms with E-state index in [0.717, 1.165) is 12.8 Å². The fraction of sp³-hybridized carbons (Fsp3) is 0.688. The molecule has 0 bridgehead atoms. The van der Waals surface area contributed by atoms with Gasteiger partial charge in [0, 0.05) is 6.04 Å². The van der Waals surface area contributed by atoms with Crippen molar-refractivity contribution in [1.82, 2.24) is 14.9 Å². The van der Waals surface area contributed by atoms with Crippen LogP contribution in [0.15, 0.2) is 12.4 Å². The SMILES string of the molecule is COc1cncc(O[C@H]2CC[C@@H](C)N(C(=O)OC(C)(C)C)C2)n1. The Balaban J connectivity index is 2.00. The maximum Gasteiger partial charge on any atom is 0.410 e. The van der Waals surface area contributed by atoms with E-state index in [9.17, 15) is 4.79 Å². The van der Waals surface area contributed by atoms with Gasteiger partial charge in [-0.05, 0) is 40.5 Å². The summed E-state index contributed by atoms with van der Waals surface area (Å²) < 4.78 is 16.4. The standard InChI is InChI=1S/C16H25N3O4/c1-11-6-7-12(10-19(11)15(20)23-16(2,3)4)22-14-9-17-8-13(18-14)21-5/h8-9,11-12H,6-7,10H2,1-5H3/t11-,12+/m1/s1. The van der Waals surface area contributed by atoms with Gasteiger partial charge in [0.2, 0.25) is 11.8 Å². The van der Waals surface area contributed by atoms with Gasteiger partial charge < -0.3 is 19.1 Å². The molecule has 0 spiro atoms. The van der Waals surface area contributed by atoms with Crippen molar-refractivity contribution in [3.8, 4) is 11.8 Å². The van der Waals surface area contributed by atoms with Crippen LogP contribution in [0.5, 0.6) is 11.8 Å². The number of likely N-dealkylation sites (tertiary alicyclic amines) is 1. The molecule has 2 atom stereocenters. The van der Waals surface area contributed by atoms with Crippen molar-refractivity contribution in [2.75, 3.05) is 13.7 Å². The number of carbonyl (C=O) groups is 1. The molecule has 0 unspecified atom stereocenters. The lowest BCUT2D eigenvalue weighted by atomic mass is 10.0. The van der Waals surface area contributed by atoms with Gasteiger partial charge in [0.15, 0.2) is 0 Å². The molecule has 1 aliphatic rings. The molecule has 1 aromatic rings. The minimum Gasteiger partial charge on any atom is -0.480 e. The lowest BCUT2D eigenvalue weighted by molar-refractivity contribution is -0.00610. The second-order valence-corrected chi connectivity index (χ2v) is 6.70. The Hall–Kier alpha value is -2.05. The van der Waals surface area contributed by atoms with Gasteiger partial charge in [-0.25, -0.2) is 4.79 Å². The molecule has 1 aliphatic heterocycles. The van der Waals surface area contributed by atoms with Crippen molar-refractivity contribution >= 4 is 6.09 Å². The van der Waals surface area contributed by atoms with Crippen molar-refractivity contribution in [1.29, 1.82) is 0 Å². The summed E-state index contributed by atoms with van der Waals surface area (Å²) in [5.74, 6) is 0.795. The van der Waals surface area contributed by atoms with Crippen LogP contribution in [-0.2, 0) is 4.74 Å². The Bertz CT molecular complexity index is 544. The molecule has 7 nitrogen and oxygen atoms in total. The first-order valence-electron chi connectivity index (χ1n) is 7.81. The molecule has 1 fully saturated rings. The number of hydrogen-bond acceptors (Lipinski definition) is 6. The van der Waals surface area contributed by atoms with Crippen LogP contribution in [0.1, 0.15) is 40.5 Å². The van der Waals surface area contributed by atoms with E-state index < -0.39 is 5.60 Å². The van der Waals surface area contributed by atoms with E-state index in [-0.39, 0.29) is 18.2 Å². The molecular weight excluding hydrogens is 298 g/mol. The topological polar surface area (TPSA) is 73.8 Å². The molecule has 0 aliphatic carbocycles. The highest BCUT2D eigenvalue weighted by Crippen LogP contribution is 2.23. The molecule has 0 radical (unpaired) electrons. The lowest BCUT2D eigenvalue weighted by Gasteiger charge is -2.38. The molecule has 0 N–H and O–H groups in total. The molecule has 1 aromatic heterocycles. The first kappa shape index (κ1) is 17.3. The Kier molecular flexibility index (Phi) is 5.28. The summed E-state index contributed by atoms with van der Waals surface area (Å²) >= 11 is 0. The van der Waals surface area contributed by atoms with Crippen molar-refractivity contribution < 1.29 is 19.0 Å². The fourth-order valence-corrected chi connectivity index (χ4v) is 2.40. The van der Waals surface area contributed by atoms with Crippen LogP contribution in [-0.4, -0.2) is 52.4 Å². The quantitative estimate of drug-likeness (QED) is 0.851. The normalized spacial score (nSPS) is 21.7. The number of rotatable bonds is 3. The number of piperidine rings is 1. The van der Waals surface area contributed by atoms with E-state index in [1.807, 2.05) is 27.7 Å². The van der Waals surface area contributed by atoms with Gasteiger partial charge in [0.1, 0.15) is 11.7 Å². The second kappa shape index (κ2) is 7.02. The number of hydrogen-bond donors (Lipinski definition) is 0. The fourth-order valence-electron chi connectivity index (χ4n) is 2.40. The highest BCUT2D eigenvalue weighted by molar-refractivity contribution is 5.68. The third-order valence-electron chi connectivity index (χ3n) is 3.55. The smallest absolute Gasteiger partial charge is 0.410 e. The van der Waals surface area contributed by atoms with E-state index in [0.29, 0.717) is 18.3 Å². The van der Waals surface area contributed by atoms with E-state index in [4.69, 9.17) is 14.2 Å². The maximum atomic E-state index is 12.3. The Morgan fingerprint density at radius 2 is 1.96 bits per heavy atom. The van der Waals surface area contributed by atoms with Gasteiger partial charge in [-0.15, -0.1) is 0 Å². The van der Waals surface area contributed by atoms with Gasteiger partial charge >= 0.3 is 6.09 Å². The molecule has 2 heterocycles. The predicted molar refractivity (Wildman–Crippen MR) is 84.6 cm³/mol. The zero-order chi connectivity index (χ0) is 17.0. The van der Waals surface area contributed by atoms with Crippen LogP contribution in [0.3, 0.4) is 0 Å². The largest absolute Gasteiger partial charge is 0.480 e. The minimum atomic E-state index is -0.511. The summed E-state index contributed by atoms with van der Waals surface area (Å²) in [6.07, 6.45) is 4.30. The summed E-state index contributed by atoms with van der Waals surface area (Å²) in [5.41, 5.74) is -0.511. The third-order valence-corrected chi connectivity index (χ3v) is 3.55. The van der Waals surface area contributed by atoms with Gasteiger partial charge in [-0.2, -0.15) is 4.98 Å². The van der Waals surface area contributed by atoms with Crippen LogP contribution >= 0.6 is 0 Å². The van der Waals surface area contributed by atoms with Gasteiger partial charge in [-0.1, -0.05) is 0 Å². The second-order valence-electron chi connectivity index (χ2n) is 6.70. The first-order valence-corrected chi connectivity index (χ1v) is 7.81. The maximum absolute atomic E-state index is 12.3. The summed E-state index contributed by atoms with van der Waals surface area (Å²) in [6.45, 7) is 8.07. The van der Waals surface area contributed by atoms with Crippen LogP contribution in [0, 0.1) is 0 Å². The highest BCUT2D eigenvalue weighted by Gasteiger charge is 2.33. The number of amides is 1. The number of aromatic nitrogens is 2. The van der Waals surface area contributed by atoms with Gasteiger partial charge in [0.25, 0.3) is 0 Å². The van der Waals surface area contributed by atoms with E-state index in [2.05, 4.69) is 9.97 Å². The minimum absolute atomic E-state index is 0.126. The lowest BCUT2D eigenvalue weighted by Crippen LogP contribution is -2.50. The average molecular weight is 323 g/mol. The summed E-state index contributed by atoms with van der Waals surface area (Å²) in [6, 6.07) is 0.126. The summed E-state index contributed by atoms with van der Waals surface area (Å²) in [4.78, 5) is 22.3. The molecule has 2 rings (SSSR count). The van der Waals surface area contributed by atoms with Crippen molar-refractivity contribution in [3.05, 3.63) is 12.4 Å². The average Bonchev–Trinajstić information content (AvgIpc) is 2.47. The summed E-state index contributed by atoms with van der Waals surface area (Å²) in [7, 11) is 1.53. The van der Waals surface area contributed by atoms with Crippen LogP contribution in [0.25, 0.3) is 0 Å². The molecule has 1 amide bonds. The van der Waals surface area contributed by atoms with Crippen molar-refractivity contribution in [2.24, 2.45) is 0 Å². The molecule has 0 aromatic carbocycles. The monoisotopic (exact) mass is 323 g/mol. The van der Waals surface area contributed by atoms with E-state index >= 15 is 0 Å². The Morgan fingerprint density at radius 1 is 1.26 bits per heavy atom. The molecule has 0 saturated carbocycles. The van der Waals surface area contributed by atoms with Crippen molar-refractivity contribution in [3.63, 3.8) is 0 Å². The zero-order valence-electron chi connectivity index (χ0n) is 14.4. The first-order chi connectivity index (χ1) is 10.8. The number of methoxy groups -OCH3 is 1. The number of nitrogens with zero attached hydrogens (tertiary/aromatic N) is 3.